The highest BCUT2D eigenvalue weighted by Gasteiger charge is 2.08. The first-order valence-corrected chi connectivity index (χ1v) is 6.48. The van der Waals surface area contributed by atoms with Crippen molar-refractivity contribution in [2.45, 2.75) is 20.0 Å². The monoisotopic (exact) mass is 268 g/mol. The molecule has 0 aliphatic carbocycles. The first-order chi connectivity index (χ1) is 9.84. The summed E-state index contributed by atoms with van der Waals surface area (Å²) in [6.07, 6.45) is 3.41. The second kappa shape index (κ2) is 5.66. The summed E-state index contributed by atoms with van der Waals surface area (Å²) in [7, 11) is 0. The van der Waals surface area contributed by atoms with E-state index in [2.05, 4.69) is 42.2 Å². The Labute approximate surface area is 116 Å². The third-order valence-electron chi connectivity index (χ3n) is 3.09. The first-order valence-electron chi connectivity index (χ1n) is 6.48. The molecule has 0 unspecified atom stereocenters. The fourth-order valence-electron chi connectivity index (χ4n) is 2.17. The molecule has 0 saturated heterocycles. The van der Waals surface area contributed by atoms with Crippen LogP contribution in [0, 0.1) is 6.92 Å². The van der Waals surface area contributed by atoms with Crippen molar-refractivity contribution in [3.63, 3.8) is 0 Å². The first kappa shape index (κ1) is 12.6. The van der Waals surface area contributed by atoms with Gasteiger partial charge < -0.3 is 5.32 Å². The molecule has 0 amide bonds. The lowest BCUT2D eigenvalue weighted by molar-refractivity contribution is 0.644. The molecule has 6 nitrogen and oxygen atoms in total. The quantitative estimate of drug-likeness (QED) is 0.737. The van der Waals surface area contributed by atoms with Crippen molar-refractivity contribution >= 4 is 0 Å². The van der Waals surface area contributed by atoms with Gasteiger partial charge in [0.2, 0.25) is 0 Å². The zero-order chi connectivity index (χ0) is 13.8. The standard InChI is InChI=1S/C14H16N6/c1-11-16-8-13(7-15-9-14-17-10-18-19-14)20(11)12-5-3-2-4-6-12/h2-6,8,10,15H,7,9H2,1H3,(H,17,18,19). The number of nitrogens with one attached hydrogen (secondary N) is 2. The van der Waals surface area contributed by atoms with Crippen LogP contribution in [-0.4, -0.2) is 24.7 Å². The van der Waals surface area contributed by atoms with E-state index in [9.17, 15) is 0 Å². The highest BCUT2D eigenvalue weighted by atomic mass is 15.2. The van der Waals surface area contributed by atoms with Crippen LogP contribution in [0.3, 0.4) is 0 Å². The van der Waals surface area contributed by atoms with Gasteiger partial charge in [-0.05, 0) is 19.1 Å². The van der Waals surface area contributed by atoms with Gasteiger partial charge in [-0.1, -0.05) is 18.2 Å². The molecule has 0 aliphatic rings. The number of rotatable bonds is 5. The average Bonchev–Trinajstić information content (AvgIpc) is 3.10. The predicted molar refractivity (Wildman–Crippen MR) is 75.2 cm³/mol. The van der Waals surface area contributed by atoms with Crippen LogP contribution in [0.5, 0.6) is 0 Å². The minimum Gasteiger partial charge on any atom is -0.304 e. The van der Waals surface area contributed by atoms with Crippen LogP contribution in [0.4, 0.5) is 0 Å². The molecule has 2 N–H and O–H groups in total. The molecule has 102 valence electrons. The number of aromatic nitrogens is 5. The molecule has 0 radical (unpaired) electrons. The van der Waals surface area contributed by atoms with Gasteiger partial charge in [0.1, 0.15) is 18.0 Å². The van der Waals surface area contributed by atoms with E-state index in [0.29, 0.717) is 6.54 Å². The van der Waals surface area contributed by atoms with E-state index in [-0.39, 0.29) is 0 Å². The van der Waals surface area contributed by atoms with Crippen molar-refractivity contribution in [2.24, 2.45) is 0 Å². The number of para-hydroxylation sites is 1. The summed E-state index contributed by atoms with van der Waals surface area (Å²) < 4.78 is 2.15. The van der Waals surface area contributed by atoms with E-state index in [4.69, 9.17) is 0 Å². The Hall–Kier alpha value is -2.47. The minimum absolute atomic E-state index is 0.652. The van der Waals surface area contributed by atoms with E-state index >= 15 is 0 Å². The lowest BCUT2D eigenvalue weighted by Crippen LogP contribution is -2.16. The van der Waals surface area contributed by atoms with Gasteiger partial charge in [0.25, 0.3) is 0 Å². The van der Waals surface area contributed by atoms with Gasteiger partial charge in [0.05, 0.1) is 18.4 Å². The molecule has 2 aromatic heterocycles. The lowest BCUT2D eigenvalue weighted by Gasteiger charge is -2.10. The zero-order valence-electron chi connectivity index (χ0n) is 11.2. The molecule has 3 rings (SSSR count). The summed E-state index contributed by atoms with van der Waals surface area (Å²) in [5.74, 6) is 1.81. The second-order valence-electron chi connectivity index (χ2n) is 4.50. The number of imidazole rings is 1. The second-order valence-corrected chi connectivity index (χ2v) is 4.50. The Balaban J connectivity index is 1.74. The summed E-state index contributed by atoms with van der Waals surface area (Å²) >= 11 is 0. The van der Waals surface area contributed by atoms with Crippen molar-refractivity contribution in [1.29, 1.82) is 0 Å². The van der Waals surface area contributed by atoms with Crippen LogP contribution in [0.15, 0.2) is 42.9 Å². The molecule has 0 aliphatic heterocycles. The van der Waals surface area contributed by atoms with Crippen molar-refractivity contribution in [3.8, 4) is 5.69 Å². The number of aryl methyl sites for hydroxylation is 1. The van der Waals surface area contributed by atoms with Crippen molar-refractivity contribution in [2.75, 3.05) is 0 Å². The van der Waals surface area contributed by atoms with Gasteiger partial charge in [-0.3, -0.25) is 9.67 Å². The highest BCUT2D eigenvalue weighted by molar-refractivity contribution is 5.35. The molecule has 0 saturated carbocycles. The van der Waals surface area contributed by atoms with E-state index in [0.717, 1.165) is 29.6 Å². The van der Waals surface area contributed by atoms with Crippen LogP contribution in [0.2, 0.25) is 0 Å². The Bertz CT molecular complexity index is 656. The summed E-state index contributed by atoms with van der Waals surface area (Å²) in [6, 6.07) is 10.2. The lowest BCUT2D eigenvalue weighted by atomic mass is 10.3. The minimum atomic E-state index is 0.652. The smallest absolute Gasteiger partial charge is 0.138 e. The number of benzene rings is 1. The number of hydrogen-bond donors (Lipinski definition) is 2. The Morgan fingerprint density at radius 2 is 2.00 bits per heavy atom. The molecule has 2 heterocycles. The number of aromatic amines is 1. The van der Waals surface area contributed by atoms with Gasteiger partial charge in [-0.15, -0.1) is 0 Å². The van der Waals surface area contributed by atoms with Crippen molar-refractivity contribution < 1.29 is 0 Å². The SMILES string of the molecule is Cc1ncc(CNCc2ncn[nH]2)n1-c1ccccc1. The number of hydrogen-bond acceptors (Lipinski definition) is 4. The Kier molecular flexibility index (Phi) is 3.56. The molecular formula is C14H16N6. The topological polar surface area (TPSA) is 71.4 Å². The highest BCUT2D eigenvalue weighted by Crippen LogP contribution is 2.14. The van der Waals surface area contributed by atoms with Gasteiger partial charge in [-0.2, -0.15) is 5.10 Å². The fraction of sp³-hybridized carbons (Fsp3) is 0.214. The molecule has 0 bridgehead atoms. The van der Waals surface area contributed by atoms with Crippen molar-refractivity contribution in [1.82, 2.24) is 30.0 Å². The maximum atomic E-state index is 4.40. The third kappa shape index (κ3) is 2.60. The summed E-state index contributed by atoms with van der Waals surface area (Å²) in [6.45, 7) is 3.38. The fourth-order valence-corrected chi connectivity index (χ4v) is 2.17. The van der Waals surface area contributed by atoms with Gasteiger partial charge in [0, 0.05) is 12.2 Å². The van der Waals surface area contributed by atoms with Crippen LogP contribution in [0.1, 0.15) is 17.3 Å². The summed E-state index contributed by atoms with van der Waals surface area (Å²) in [5.41, 5.74) is 2.24. The summed E-state index contributed by atoms with van der Waals surface area (Å²) in [4.78, 5) is 8.48. The molecular weight excluding hydrogens is 252 g/mol. The van der Waals surface area contributed by atoms with E-state index < -0.39 is 0 Å². The van der Waals surface area contributed by atoms with Crippen LogP contribution in [-0.2, 0) is 13.1 Å². The maximum absolute atomic E-state index is 4.40. The molecule has 0 fully saturated rings. The number of H-pyrrole nitrogens is 1. The molecule has 0 atom stereocenters. The van der Waals surface area contributed by atoms with Crippen LogP contribution < -0.4 is 5.32 Å². The number of nitrogens with zero attached hydrogens (tertiary/aromatic N) is 4. The normalized spacial score (nSPS) is 10.8. The van der Waals surface area contributed by atoms with Crippen molar-refractivity contribution in [3.05, 3.63) is 60.2 Å². The van der Waals surface area contributed by atoms with E-state index in [1.54, 1.807) is 0 Å². The molecule has 0 spiro atoms. The Morgan fingerprint density at radius 3 is 2.75 bits per heavy atom. The van der Waals surface area contributed by atoms with Gasteiger partial charge in [-0.25, -0.2) is 9.97 Å². The molecule has 6 heteroatoms. The van der Waals surface area contributed by atoms with Gasteiger partial charge in [0.15, 0.2) is 0 Å². The predicted octanol–water partition coefficient (Wildman–Crippen LogP) is 1.59. The Morgan fingerprint density at radius 1 is 1.15 bits per heavy atom. The molecule has 3 aromatic rings. The van der Waals surface area contributed by atoms with E-state index in [1.807, 2.05) is 31.3 Å². The average molecular weight is 268 g/mol. The third-order valence-corrected chi connectivity index (χ3v) is 3.09. The van der Waals surface area contributed by atoms with Gasteiger partial charge >= 0.3 is 0 Å². The largest absolute Gasteiger partial charge is 0.304 e. The van der Waals surface area contributed by atoms with E-state index in [1.165, 1.54) is 6.33 Å². The molecule has 1 aromatic carbocycles. The van der Waals surface area contributed by atoms with Crippen LogP contribution in [0.25, 0.3) is 5.69 Å². The summed E-state index contributed by atoms with van der Waals surface area (Å²) in [5, 5.41) is 9.99. The molecule has 20 heavy (non-hydrogen) atoms. The zero-order valence-corrected chi connectivity index (χ0v) is 11.2. The van der Waals surface area contributed by atoms with Crippen LogP contribution >= 0.6 is 0 Å². The maximum Gasteiger partial charge on any atom is 0.138 e.